The van der Waals surface area contributed by atoms with Crippen molar-refractivity contribution in [1.29, 1.82) is 0 Å². The summed E-state index contributed by atoms with van der Waals surface area (Å²) >= 11 is 2.02. The van der Waals surface area contributed by atoms with Gasteiger partial charge < -0.3 is 4.74 Å². The Labute approximate surface area is 143 Å². The van der Waals surface area contributed by atoms with Gasteiger partial charge in [-0.25, -0.2) is 12.8 Å². The van der Waals surface area contributed by atoms with Crippen LogP contribution in [0.3, 0.4) is 0 Å². The first-order valence-electron chi connectivity index (χ1n) is 6.39. The van der Waals surface area contributed by atoms with Crippen LogP contribution in [-0.2, 0) is 16.6 Å². The molecule has 2 aromatic carbocycles. The lowest BCUT2D eigenvalue weighted by atomic mass is 10.2. The zero-order valence-corrected chi connectivity index (χ0v) is 15.1. The number of nitrogens with zero attached hydrogens (tertiary/aromatic N) is 1. The Morgan fingerprint density at radius 1 is 1.23 bits per heavy atom. The first-order valence-corrected chi connectivity index (χ1v) is 8.91. The predicted octanol–water partition coefficient (Wildman–Crippen LogP) is 3.26. The van der Waals surface area contributed by atoms with Crippen LogP contribution in [0.1, 0.15) is 5.56 Å². The zero-order chi connectivity index (χ0) is 16.3. The number of ether oxygens (including phenoxy) is 1. The molecule has 0 N–H and O–H groups in total. The van der Waals surface area contributed by atoms with E-state index in [-0.39, 0.29) is 17.3 Å². The van der Waals surface area contributed by atoms with Crippen molar-refractivity contribution in [2.24, 2.45) is 0 Å². The molecule has 2 rings (SSSR count). The largest absolute Gasteiger partial charge is 0.496 e. The van der Waals surface area contributed by atoms with Crippen LogP contribution in [0.2, 0.25) is 0 Å². The molecule has 2 aromatic rings. The van der Waals surface area contributed by atoms with Crippen LogP contribution in [0, 0.1) is 9.39 Å². The van der Waals surface area contributed by atoms with Crippen LogP contribution in [0.25, 0.3) is 0 Å². The van der Waals surface area contributed by atoms with Crippen LogP contribution in [0.4, 0.5) is 4.39 Å². The average molecular weight is 435 g/mol. The van der Waals surface area contributed by atoms with Crippen LogP contribution in [0.15, 0.2) is 47.4 Å². The highest BCUT2D eigenvalue weighted by Gasteiger charge is 2.22. The van der Waals surface area contributed by atoms with Gasteiger partial charge in [-0.2, -0.15) is 4.31 Å². The maximum absolute atomic E-state index is 13.2. The molecule has 4 nitrogen and oxygen atoms in total. The number of rotatable bonds is 5. The van der Waals surface area contributed by atoms with Crippen molar-refractivity contribution < 1.29 is 17.5 Å². The number of halogens is 2. The van der Waals surface area contributed by atoms with Crippen LogP contribution in [0.5, 0.6) is 5.75 Å². The van der Waals surface area contributed by atoms with Gasteiger partial charge in [0.25, 0.3) is 0 Å². The smallest absolute Gasteiger partial charge is 0.243 e. The van der Waals surface area contributed by atoms with Gasteiger partial charge in [-0.3, -0.25) is 0 Å². The number of hydrogen-bond acceptors (Lipinski definition) is 3. The molecule has 0 spiro atoms. The second-order valence-electron chi connectivity index (χ2n) is 4.69. The Kier molecular flexibility index (Phi) is 5.41. The van der Waals surface area contributed by atoms with Crippen LogP contribution < -0.4 is 4.74 Å². The van der Waals surface area contributed by atoms with E-state index in [0.717, 1.165) is 0 Å². The van der Waals surface area contributed by atoms with Crippen molar-refractivity contribution in [2.45, 2.75) is 11.4 Å². The molecule has 0 fully saturated rings. The topological polar surface area (TPSA) is 46.6 Å². The second kappa shape index (κ2) is 6.93. The minimum atomic E-state index is -3.65. The van der Waals surface area contributed by atoms with E-state index < -0.39 is 10.0 Å². The molecule has 0 aliphatic heterocycles. The average Bonchev–Trinajstić information content (AvgIpc) is 2.47. The molecule has 0 aliphatic carbocycles. The van der Waals surface area contributed by atoms with Crippen LogP contribution >= 0.6 is 22.6 Å². The predicted molar refractivity (Wildman–Crippen MR) is 90.8 cm³/mol. The van der Waals surface area contributed by atoms with Crippen molar-refractivity contribution >= 4 is 32.6 Å². The third-order valence-corrected chi connectivity index (χ3v) is 5.77. The summed E-state index contributed by atoms with van der Waals surface area (Å²) in [5, 5.41) is 0. The molecule has 0 radical (unpaired) electrons. The monoisotopic (exact) mass is 435 g/mol. The second-order valence-corrected chi connectivity index (χ2v) is 7.89. The Bertz CT molecular complexity index is 780. The first-order chi connectivity index (χ1) is 10.3. The van der Waals surface area contributed by atoms with Gasteiger partial charge in [-0.1, -0.05) is 12.1 Å². The van der Waals surface area contributed by atoms with Gasteiger partial charge in [0.1, 0.15) is 11.6 Å². The highest BCUT2D eigenvalue weighted by Crippen LogP contribution is 2.25. The fraction of sp³-hybridized carbons (Fsp3) is 0.200. The summed E-state index contributed by atoms with van der Waals surface area (Å²) < 4.78 is 45.3. The molecule has 0 bridgehead atoms. The van der Waals surface area contributed by atoms with E-state index in [0.29, 0.717) is 14.9 Å². The summed E-state index contributed by atoms with van der Waals surface area (Å²) in [6.45, 7) is 0.0999. The SMILES string of the molecule is COc1ccc(S(=O)(=O)N(C)Cc2cccc(F)c2)cc1I. The molecule has 0 amide bonds. The molecular weight excluding hydrogens is 420 g/mol. The summed E-state index contributed by atoms with van der Waals surface area (Å²) in [7, 11) is -0.648. The third-order valence-electron chi connectivity index (χ3n) is 3.13. The number of hydrogen-bond donors (Lipinski definition) is 0. The van der Waals surface area contributed by atoms with Gasteiger partial charge in [0.15, 0.2) is 0 Å². The highest BCUT2D eigenvalue weighted by molar-refractivity contribution is 14.1. The van der Waals surface area contributed by atoms with Crippen molar-refractivity contribution in [1.82, 2.24) is 4.31 Å². The third kappa shape index (κ3) is 3.76. The highest BCUT2D eigenvalue weighted by atomic mass is 127. The molecule has 0 atom stereocenters. The Hall–Kier alpha value is -1.19. The van der Waals surface area contributed by atoms with E-state index in [4.69, 9.17) is 4.74 Å². The first kappa shape index (κ1) is 17.2. The number of methoxy groups -OCH3 is 1. The molecule has 0 aromatic heterocycles. The minimum Gasteiger partial charge on any atom is -0.496 e. The maximum Gasteiger partial charge on any atom is 0.243 e. The summed E-state index contributed by atoms with van der Waals surface area (Å²) in [6, 6.07) is 10.6. The van der Waals surface area contributed by atoms with Crippen LogP contribution in [-0.4, -0.2) is 26.9 Å². The summed E-state index contributed by atoms with van der Waals surface area (Å²) in [4.78, 5) is 0.177. The summed E-state index contributed by atoms with van der Waals surface area (Å²) in [5.74, 6) is 0.231. The fourth-order valence-corrected chi connectivity index (χ4v) is 4.10. The van der Waals surface area contributed by atoms with Crippen molar-refractivity contribution in [3.05, 3.63) is 57.4 Å². The summed E-state index contributed by atoms with van der Waals surface area (Å²) in [5.41, 5.74) is 0.592. The van der Waals surface area contributed by atoms with Gasteiger partial charge in [-0.15, -0.1) is 0 Å². The molecule has 0 saturated carbocycles. The van der Waals surface area contributed by atoms with Crippen molar-refractivity contribution in [3.63, 3.8) is 0 Å². The fourth-order valence-electron chi connectivity index (χ4n) is 1.96. The molecule has 0 aliphatic rings. The quantitative estimate of drug-likeness (QED) is 0.678. The Morgan fingerprint density at radius 3 is 2.55 bits per heavy atom. The van der Waals surface area contributed by atoms with Crippen molar-refractivity contribution in [2.75, 3.05) is 14.2 Å². The lowest BCUT2D eigenvalue weighted by Gasteiger charge is -2.18. The molecular formula is C15H15FINO3S. The van der Waals surface area contributed by atoms with Gasteiger partial charge in [0, 0.05) is 13.6 Å². The standard InChI is InChI=1S/C15H15FINO3S/c1-18(10-11-4-3-5-12(16)8-11)22(19,20)13-6-7-15(21-2)14(17)9-13/h3-9H,10H2,1-2H3. The molecule has 7 heteroatoms. The number of sulfonamides is 1. The van der Waals surface area contributed by atoms with Gasteiger partial charge in [-0.05, 0) is 58.5 Å². The van der Waals surface area contributed by atoms with E-state index in [1.807, 2.05) is 22.6 Å². The summed E-state index contributed by atoms with van der Waals surface area (Å²) in [6.07, 6.45) is 0. The molecule has 0 heterocycles. The zero-order valence-electron chi connectivity index (χ0n) is 12.1. The molecule has 0 saturated heterocycles. The molecule has 118 valence electrons. The molecule has 22 heavy (non-hydrogen) atoms. The van der Waals surface area contributed by atoms with E-state index >= 15 is 0 Å². The lowest BCUT2D eigenvalue weighted by Crippen LogP contribution is -2.26. The van der Waals surface area contributed by atoms with E-state index in [1.54, 1.807) is 24.3 Å². The van der Waals surface area contributed by atoms with E-state index in [9.17, 15) is 12.8 Å². The van der Waals surface area contributed by atoms with E-state index in [1.165, 1.54) is 36.7 Å². The maximum atomic E-state index is 13.2. The molecule has 0 unspecified atom stereocenters. The van der Waals surface area contributed by atoms with Crippen molar-refractivity contribution in [3.8, 4) is 5.75 Å². The lowest BCUT2D eigenvalue weighted by molar-refractivity contribution is 0.411. The van der Waals surface area contributed by atoms with E-state index in [2.05, 4.69) is 0 Å². The Balaban J connectivity index is 2.27. The minimum absolute atomic E-state index is 0.0999. The van der Waals surface area contributed by atoms with Gasteiger partial charge in [0.2, 0.25) is 10.0 Å². The Morgan fingerprint density at radius 2 is 1.95 bits per heavy atom. The normalized spacial score (nSPS) is 11.7. The van der Waals surface area contributed by atoms with Gasteiger partial charge >= 0.3 is 0 Å². The number of benzene rings is 2. The van der Waals surface area contributed by atoms with Gasteiger partial charge in [0.05, 0.1) is 15.6 Å².